The molecule has 0 aromatic rings. The number of rotatable bonds is 4. The van der Waals surface area contributed by atoms with Crippen LogP contribution in [0, 0.1) is 0 Å². The van der Waals surface area contributed by atoms with Crippen molar-refractivity contribution in [3.05, 3.63) is 0 Å². The van der Waals surface area contributed by atoms with E-state index in [2.05, 4.69) is 0 Å². The van der Waals surface area contributed by atoms with Crippen LogP contribution in [0.3, 0.4) is 0 Å². The molecule has 0 aromatic heterocycles. The summed E-state index contributed by atoms with van der Waals surface area (Å²) >= 11 is 0. The molecule has 96 valence electrons. The van der Waals surface area contributed by atoms with E-state index in [1.165, 1.54) is 0 Å². The Hall–Kier alpha value is 2.14. The Morgan fingerprint density at radius 1 is 1.06 bits per heavy atom. The van der Waals surface area contributed by atoms with Crippen LogP contribution in [0.5, 0.6) is 0 Å². The maximum Gasteiger partial charge on any atom is 1.00 e. The molecule has 10 nitrogen and oxygen atoms in total. The van der Waals surface area contributed by atoms with Gasteiger partial charge in [-0.25, -0.2) is 0 Å². The van der Waals surface area contributed by atoms with Gasteiger partial charge in [0.25, 0.3) is 0 Å². The first-order valence-electron chi connectivity index (χ1n) is 3.06. The van der Waals surface area contributed by atoms with Crippen molar-refractivity contribution in [2.24, 2.45) is 5.73 Å². The van der Waals surface area contributed by atoms with Crippen LogP contribution in [0.2, 0.25) is 0 Å². The molecule has 2 unspecified atom stereocenters. The molecule has 0 amide bonds. The summed E-state index contributed by atoms with van der Waals surface area (Å²) in [6.07, 6.45) is -0.998. The van der Waals surface area contributed by atoms with Gasteiger partial charge in [-0.05, 0) is 6.54 Å². The molecular weight excluding hydrogens is 302 g/mol. The maximum absolute atomic E-state index is 10.4. The summed E-state index contributed by atoms with van der Waals surface area (Å²) in [7, 11) is -11.3. The van der Waals surface area contributed by atoms with E-state index in [0.29, 0.717) is 0 Å². The van der Waals surface area contributed by atoms with E-state index in [1.807, 2.05) is 0 Å². The van der Waals surface area contributed by atoms with Gasteiger partial charge in [0.05, 0.1) is 0 Å². The van der Waals surface area contributed by atoms with Gasteiger partial charge in [0, 0.05) is 6.42 Å². The number of aliphatic hydroxyl groups is 1. The third-order valence-electron chi connectivity index (χ3n) is 1.38. The third kappa shape index (κ3) is 8.11. The van der Waals surface area contributed by atoms with E-state index in [4.69, 9.17) is 20.6 Å². The third-order valence-corrected chi connectivity index (χ3v) is 5.16. The van der Waals surface area contributed by atoms with Gasteiger partial charge in [-0.1, -0.05) is 0 Å². The molecule has 0 saturated carbocycles. The SMILES string of the molecule is NCCC(O)(P(=O)([O-])O)P(=O)([O-])O.O.O.[Na+].[Na+]. The fourth-order valence-corrected chi connectivity index (χ4v) is 2.74. The first kappa shape index (κ1) is 31.5. The molecule has 0 saturated heterocycles. The van der Waals surface area contributed by atoms with Crippen LogP contribution in [0.25, 0.3) is 0 Å². The molecule has 0 heterocycles. The van der Waals surface area contributed by atoms with E-state index in [9.17, 15) is 18.9 Å². The molecular formula is C3H13NNa2O9P2. The van der Waals surface area contributed by atoms with Gasteiger partial charge < -0.3 is 50.5 Å². The first-order chi connectivity index (χ1) is 5.56. The smallest absolute Gasteiger partial charge is 0.776 e. The topological polar surface area (TPSA) is 230 Å². The van der Waals surface area contributed by atoms with Gasteiger partial charge in [0.15, 0.2) is 20.3 Å². The maximum atomic E-state index is 10.4. The van der Waals surface area contributed by atoms with Gasteiger partial charge in [-0.3, -0.25) is 0 Å². The fraction of sp³-hybridized carbons (Fsp3) is 1.00. The van der Waals surface area contributed by atoms with Crippen molar-refractivity contribution in [2.45, 2.75) is 11.5 Å². The van der Waals surface area contributed by atoms with E-state index in [-0.39, 0.29) is 70.1 Å². The molecule has 0 aliphatic rings. The van der Waals surface area contributed by atoms with Crippen LogP contribution >= 0.6 is 15.2 Å². The van der Waals surface area contributed by atoms with Crippen molar-refractivity contribution in [1.29, 1.82) is 0 Å². The molecule has 0 spiro atoms. The van der Waals surface area contributed by atoms with Crippen molar-refractivity contribution in [2.75, 3.05) is 6.54 Å². The summed E-state index contributed by atoms with van der Waals surface area (Å²) in [6.45, 7) is -0.532. The molecule has 17 heavy (non-hydrogen) atoms. The number of hydrogen-bond donors (Lipinski definition) is 4. The number of nitrogens with two attached hydrogens (primary N) is 1. The van der Waals surface area contributed by atoms with Crippen molar-refractivity contribution in [3.8, 4) is 0 Å². The predicted octanol–water partition coefficient (Wildman–Crippen LogP) is -10.6. The summed E-state index contributed by atoms with van der Waals surface area (Å²) in [5.41, 5.74) is 4.81. The minimum atomic E-state index is -5.63. The minimum Gasteiger partial charge on any atom is -0.776 e. The van der Waals surface area contributed by atoms with Crippen LogP contribution in [-0.2, 0) is 9.13 Å². The van der Waals surface area contributed by atoms with Crippen LogP contribution in [0.4, 0.5) is 0 Å². The van der Waals surface area contributed by atoms with Gasteiger partial charge in [-0.2, -0.15) is 0 Å². The van der Waals surface area contributed by atoms with Crippen LogP contribution < -0.4 is 74.6 Å². The van der Waals surface area contributed by atoms with Crippen molar-refractivity contribution >= 4 is 15.2 Å². The van der Waals surface area contributed by atoms with E-state index < -0.39 is 33.2 Å². The number of hydrogen-bond acceptors (Lipinski definition) is 6. The summed E-state index contributed by atoms with van der Waals surface area (Å²) in [5.74, 6) is 0. The van der Waals surface area contributed by atoms with Crippen molar-refractivity contribution in [3.63, 3.8) is 0 Å². The second kappa shape index (κ2) is 10.9. The first-order valence-corrected chi connectivity index (χ1v) is 6.22. The van der Waals surface area contributed by atoms with Crippen LogP contribution in [0.15, 0.2) is 0 Å². The van der Waals surface area contributed by atoms with Crippen LogP contribution in [0.1, 0.15) is 6.42 Å². The molecule has 0 rings (SSSR count). The zero-order chi connectivity index (χ0) is 10.9. The Morgan fingerprint density at radius 3 is 1.35 bits per heavy atom. The van der Waals surface area contributed by atoms with Gasteiger partial charge in [-0.15, -0.1) is 0 Å². The molecule has 0 fully saturated rings. The monoisotopic (exact) mass is 315 g/mol. The Bertz CT molecular complexity index is 253. The van der Waals surface area contributed by atoms with Crippen molar-refractivity contribution < 1.29 is 104 Å². The Morgan fingerprint density at radius 2 is 1.29 bits per heavy atom. The standard InChI is InChI=1S/C3H11NO7P2.2Na.2H2O/c4-2-1-3(5,12(6,7)8)13(9,10)11;;;;/h5H,1-2,4H2,(H2,6,7,8)(H2,9,10,11);;;2*1H2/q;2*+1;;/p-2. The average molecular weight is 315 g/mol. The summed E-state index contributed by atoms with van der Waals surface area (Å²) < 4.78 is 20.9. The summed E-state index contributed by atoms with van der Waals surface area (Å²) in [5, 5.41) is 5.36. The largest absolute Gasteiger partial charge is 1.00 e. The molecule has 2 atom stereocenters. The van der Waals surface area contributed by atoms with Crippen molar-refractivity contribution in [1.82, 2.24) is 0 Å². The van der Waals surface area contributed by atoms with Gasteiger partial charge in [0.2, 0.25) is 0 Å². The van der Waals surface area contributed by atoms with Gasteiger partial charge in [0.1, 0.15) is 0 Å². The molecule has 0 bridgehead atoms. The van der Waals surface area contributed by atoms with E-state index >= 15 is 0 Å². The summed E-state index contributed by atoms with van der Waals surface area (Å²) in [4.78, 5) is 37.6. The quantitative estimate of drug-likeness (QED) is 0.286. The van der Waals surface area contributed by atoms with Gasteiger partial charge >= 0.3 is 59.1 Å². The Kier molecular flexibility index (Phi) is 20.1. The molecule has 9 N–H and O–H groups in total. The molecule has 0 aliphatic heterocycles. The predicted molar refractivity (Wildman–Crippen MR) is 45.5 cm³/mol. The second-order valence-corrected chi connectivity index (χ2v) is 6.27. The van der Waals surface area contributed by atoms with Crippen LogP contribution in [-0.4, -0.2) is 37.5 Å². The Balaban J connectivity index is -0.000000120. The molecule has 0 aromatic carbocycles. The van der Waals surface area contributed by atoms with E-state index in [1.54, 1.807) is 0 Å². The minimum absolute atomic E-state index is 0. The zero-order valence-electron chi connectivity index (χ0n) is 9.36. The van der Waals surface area contributed by atoms with E-state index in [0.717, 1.165) is 0 Å². The molecule has 0 aliphatic carbocycles. The molecule has 14 heteroatoms. The fourth-order valence-electron chi connectivity index (χ4n) is 0.636. The average Bonchev–Trinajstić information content (AvgIpc) is 1.82. The zero-order valence-corrected chi connectivity index (χ0v) is 15.1. The normalized spacial score (nSPS) is 19.6. The second-order valence-electron chi connectivity index (χ2n) is 2.35. The summed E-state index contributed by atoms with van der Waals surface area (Å²) in [6, 6.07) is 0. The Labute approximate surface area is 141 Å². The molecule has 0 radical (unpaired) electrons.